The van der Waals surface area contributed by atoms with E-state index < -0.39 is 0 Å². The number of fused-ring (bicyclic) bond motifs is 1. The van der Waals surface area contributed by atoms with E-state index in [0.29, 0.717) is 0 Å². The van der Waals surface area contributed by atoms with Gasteiger partial charge in [-0.2, -0.15) is 0 Å². The summed E-state index contributed by atoms with van der Waals surface area (Å²) in [5.41, 5.74) is 1.19. The highest BCUT2D eigenvalue weighted by atomic mass is 16.5. The quantitative estimate of drug-likeness (QED) is 0.855. The van der Waals surface area contributed by atoms with Crippen molar-refractivity contribution >= 4 is 16.7 Å². The summed E-state index contributed by atoms with van der Waals surface area (Å²) in [7, 11) is 1.41. The molecule has 0 radical (unpaired) electrons. The highest BCUT2D eigenvalue weighted by molar-refractivity contribution is 5.86. The molecule has 0 saturated carbocycles. The van der Waals surface area contributed by atoms with Crippen LogP contribution < -0.4 is 5.32 Å². The molecule has 0 saturated heterocycles. The number of nitrogens with one attached hydrogen (secondary N) is 1. The summed E-state index contributed by atoms with van der Waals surface area (Å²) in [5, 5.41) is 5.68. The lowest BCUT2D eigenvalue weighted by Crippen LogP contribution is -2.36. The standard InChI is InChI=1S/C16H19NO2/c1-11(17-12(2)16(18)19-3)14-10-6-8-13-7-4-5-9-15(13)14/h4-12,17H,1-3H3. The summed E-state index contributed by atoms with van der Waals surface area (Å²) in [5.74, 6) is -0.243. The van der Waals surface area contributed by atoms with E-state index in [1.165, 1.54) is 23.4 Å². The number of carbonyl (C=O) groups excluding carboxylic acids is 1. The van der Waals surface area contributed by atoms with Crippen molar-refractivity contribution in [3.8, 4) is 0 Å². The van der Waals surface area contributed by atoms with Crippen molar-refractivity contribution in [3.05, 3.63) is 48.0 Å². The Morgan fingerprint density at radius 3 is 2.53 bits per heavy atom. The Morgan fingerprint density at radius 2 is 1.79 bits per heavy atom. The lowest BCUT2D eigenvalue weighted by molar-refractivity contribution is -0.142. The van der Waals surface area contributed by atoms with Gasteiger partial charge in [0.1, 0.15) is 6.04 Å². The zero-order valence-electron chi connectivity index (χ0n) is 11.5. The number of hydrogen-bond acceptors (Lipinski definition) is 3. The zero-order chi connectivity index (χ0) is 13.8. The third kappa shape index (κ3) is 2.93. The van der Waals surface area contributed by atoms with Crippen molar-refractivity contribution in [2.45, 2.75) is 25.9 Å². The Balaban J connectivity index is 2.26. The zero-order valence-corrected chi connectivity index (χ0v) is 11.5. The summed E-state index contributed by atoms with van der Waals surface area (Å²) < 4.78 is 4.73. The van der Waals surface area contributed by atoms with Gasteiger partial charge in [-0.15, -0.1) is 0 Å². The van der Waals surface area contributed by atoms with Gasteiger partial charge in [0.2, 0.25) is 0 Å². The molecule has 0 aliphatic heterocycles. The molecule has 0 aromatic heterocycles. The summed E-state index contributed by atoms with van der Waals surface area (Å²) in [6.45, 7) is 3.87. The second kappa shape index (κ2) is 5.85. The van der Waals surface area contributed by atoms with E-state index in [4.69, 9.17) is 4.74 Å². The van der Waals surface area contributed by atoms with Crippen LogP contribution in [0.4, 0.5) is 0 Å². The van der Waals surface area contributed by atoms with Gasteiger partial charge in [0.25, 0.3) is 0 Å². The van der Waals surface area contributed by atoms with Gasteiger partial charge in [0.05, 0.1) is 7.11 Å². The molecule has 0 aliphatic rings. The molecule has 2 rings (SSSR count). The molecule has 2 atom stereocenters. The van der Waals surface area contributed by atoms with E-state index in [0.717, 1.165) is 0 Å². The van der Waals surface area contributed by atoms with Crippen LogP contribution in [0.2, 0.25) is 0 Å². The smallest absolute Gasteiger partial charge is 0.322 e. The minimum Gasteiger partial charge on any atom is -0.468 e. The van der Waals surface area contributed by atoms with E-state index in [9.17, 15) is 4.79 Å². The van der Waals surface area contributed by atoms with Crippen LogP contribution >= 0.6 is 0 Å². The SMILES string of the molecule is COC(=O)C(C)NC(C)c1cccc2ccccc12. The lowest BCUT2D eigenvalue weighted by Gasteiger charge is -2.20. The third-order valence-electron chi connectivity index (χ3n) is 3.34. The molecule has 0 spiro atoms. The van der Waals surface area contributed by atoms with Crippen molar-refractivity contribution in [1.29, 1.82) is 0 Å². The van der Waals surface area contributed by atoms with Crippen molar-refractivity contribution < 1.29 is 9.53 Å². The summed E-state index contributed by atoms with van der Waals surface area (Å²) >= 11 is 0. The highest BCUT2D eigenvalue weighted by Gasteiger charge is 2.17. The second-order valence-electron chi connectivity index (χ2n) is 4.70. The average Bonchev–Trinajstić information content (AvgIpc) is 2.45. The highest BCUT2D eigenvalue weighted by Crippen LogP contribution is 2.24. The van der Waals surface area contributed by atoms with E-state index in [-0.39, 0.29) is 18.1 Å². The van der Waals surface area contributed by atoms with Crippen LogP contribution in [0.1, 0.15) is 25.5 Å². The van der Waals surface area contributed by atoms with Gasteiger partial charge in [0.15, 0.2) is 0 Å². The Labute approximate surface area is 113 Å². The van der Waals surface area contributed by atoms with Crippen LogP contribution in [0.25, 0.3) is 10.8 Å². The van der Waals surface area contributed by atoms with Crippen LogP contribution in [0.5, 0.6) is 0 Å². The molecule has 2 aromatic carbocycles. The van der Waals surface area contributed by atoms with Gasteiger partial charge in [-0.1, -0.05) is 42.5 Å². The average molecular weight is 257 g/mol. The van der Waals surface area contributed by atoms with Gasteiger partial charge >= 0.3 is 5.97 Å². The van der Waals surface area contributed by atoms with Gasteiger partial charge in [-0.25, -0.2) is 0 Å². The Morgan fingerprint density at radius 1 is 1.11 bits per heavy atom. The number of esters is 1. The normalized spacial score (nSPS) is 14.1. The molecule has 3 nitrogen and oxygen atoms in total. The fourth-order valence-electron chi connectivity index (χ4n) is 2.34. The molecular weight excluding hydrogens is 238 g/mol. The maximum absolute atomic E-state index is 11.5. The van der Waals surface area contributed by atoms with E-state index in [1.807, 2.05) is 25.1 Å². The molecule has 1 N–H and O–H groups in total. The number of methoxy groups -OCH3 is 1. The molecular formula is C16H19NO2. The molecule has 19 heavy (non-hydrogen) atoms. The molecule has 0 amide bonds. The first-order valence-corrected chi connectivity index (χ1v) is 6.45. The fraction of sp³-hybridized carbons (Fsp3) is 0.312. The summed E-state index contributed by atoms with van der Waals surface area (Å²) in [4.78, 5) is 11.5. The third-order valence-corrected chi connectivity index (χ3v) is 3.34. The summed E-state index contributed by atoms with van der Waals surface area (Å²) in [6.07, 6.45) is 0. The van der Waals surface area contributed by atoms with Crippen LogP contribution in [0.15, 0.2) is 42.5 Å². The number of ether oxygens (including phenoxy) is 1. The van der Waals surface area contributed by atoms with E-state index >= 15 is 0 Å². The lowest BCUT2D eigenvalue weighted by atomic mass is 9.99. The van der Waals surface area contributed by atoms with Gasteiger partial charge in [-0.05, 0) is 30.2 Å². The predicted molar refractivity (Wildman–Crippen MR) is 77.0 cm³/mol. The van der Waals surface area contributed by atoms with Crippen LogP contribution in [-0.4, -0.2) is 19.1 Å². The number of rotatable bonds is 4. The summed E-state index contributed by atoms with van der Waals surface area (Å²) in [6, 6.07) is 14.2. The maximum atomic E-state index is 11.5. The molecule has 2 aromatic rings. The number of carbonyl (C=O) groups is 1. The number of benzene rings is 2. The van der Waals surface area contributed by atoms with Gasteiger partial charge in [0, 0.05) is 6.04 Å². The van der Waals surface area contributed by atoms with E-state index in [2.05, 4.69) is 36.5 Å². The monoisotopic (exact) mass is 257 g/mol. The number of hydrogen-bond donors (Lipinski definition) is 1. The Bertz CT molecular complexity index is 574. The molecule has 2 unspecified atom stereocenters. The van der Waals surface area contributed by atoms with Crippen LogP contribution in [-0.2, 0) is 9.53 Å². The largest absolute Gasteiger partial charge is 0.468 e. The minimum absolute atomic E-state index is 0.0835. The topological polar surface area (TPSA) is 38.3 Å². The van der Waals surface area contributed by atoms with Gasteiger partial charge < -0.3 is 4.74 Å². The van der Waals surface area contributed by atoms with E-state index in [1.54, 1.807) is 0 Å². The van der Waals surface area contributed by atoms with Gasteiger partial charge in [-0.3, -0.25) is 10.1 Å². The molecule has 0 bridgehead atoms. The molecule has 100 valence electrons. The first-order valence-electron chi connectivity index (χ1n) is 6.45. The van der Waals surface area contributed by atoms with Crippen molar-refractivity contribution in [2.24, 2.45) is 0 Å². The Hall–Kier alpha value is -1.87. The Kier molecular flexibility index (Phi) is 4.17. The van der Waals surface area contributed by atoms with Crippen LogP contribution in [0, 0.1) is 0 Å². The fourth-order valence-corrected chi connectivity index (χ4v) is 2.34. The minimum atomic E-state index is -0.320. The van der Waals surface area contributed by atoms with Crippen molar-refractivity contribution in [1.82, 2.24) is 5.32 Å². The van der Waals surface area contributed by atoms with Crippen molar-refractivity contribution in [2.75, 3.05) is 7.11 Å². The molecule has 0 aliphatic carbocycles. The first-order chi connectivity index (χ1) is 9.13. The first kappa shape index (κ1) is 13.6. The molecule has 0 heterocycles. The second-order valence-corrected chi connectivity index (χ2v) is 4.70. The van der Waals surface area contributed by atoms with Crippen LogP contribution in [0.3, 0.4) is 0 Å². The maximum Gasteiger partial charge on any atom is 0.322 e. The molecule has 3 heteroatoms. The molecule has 0 fully saturated rings. The predicted octanol–water partition coefficient (Wildman–Crippen LogP) is 3.05. The van der Waals surface area contributed by atoms with Crippen molar-refractivity contribution in [3.63, 3.8) is 0 Å².